The van der Waals surface area contributed by atoms with E-state index < -0.39 is 17.5 Å². The van der Waals surface area contributed by atoms with Gasteiger partial charge < -0.3 is 5.32 Å². The van der Waals surface area contributed by atoms with E-state index >= 15 is 0 Å². The van der Waals surface area contributed by atoms with Crippen LogP contribution in [0.3, 0.4) is 0 Å². The highest BCUT2D eigenvalue weighted by atomic mass is 35.5. The molecule has 1 amide bonds. The van der Waals surface area contributed by atoms with Crippen LogP contribution in [0.2, 0.25) is 0 Å². The van der Waals surface area contributed by atoms with E-state index in [1.165, 1.54) is 0 Å². The SMILES string of the molecule is Cl.O=C(Nc1cc(F)c(F)c(F)c1)C1CCCCC1. The van der Waals surface area contributed by atoms with Crippen molar-refractivity contribution in [3.05, 3.63) is 29.6 Å². The Labute approximate surface area is 115 Å². The maximum absolute atomic E-state index is 13.0. The Morgan fingerprint density at radius 1 is 1.05 bits per heavy atom. The van der Waals surface area contributed by atoms with Crippen molar-refractivity contribution in [2.24, 2.45) is 5.92 Å². The van der Waals surface area contributed by atoms with Gasteiger partial charge in [-0.1, -0.05) is 19.3 Å². The molecule has 0 unspecified atom stereocenters. The summed E-state index contributed by atoms with van der Waals surface area (Å²) in [6.07, 6.45) is 4.67. The summed E-state index contributed by atoms with van der Waals surface area (Å²) in [6.45, 7) is 0. The summed E-state index contributed by atoms with van der Waals surface area (Å²) in [5.74, 6) is -4.48. The van der Waals surface area contributed by atoms with Crippen molar-refractivity contribution in [3.63, 3.8) is 0 Å². The Balaban J connectivity index is 0.00000180. The van der Waals surface area contributed by atoms with Crippen LogP contribution in [0.15, 0.2) is 12.1 Å². The Morgan fingerprint density at radius 3 is 2.11 bits per heavy atom. The average molecular weight is 294 g/mol. The van der Waals surface area contributed by atoms with Crippen molar-refractivity contribution in [2.75, 3.05) is 5.32 Å². The molecule has 0 saturated heterocycles. The van der Waals surface area contributed by atoms with Crippen LogP contribution in [-0.2, 0) is 4.79 Å². The number of anilines is 1. The predicted molar refractivity (Wildman–Crippen MR) is 68.8 cm³/mol. The summed E-state index contributed by atoms with van der Waals surface area (Å²) < 4.78 is 38.7. The second-order valence-electron chi connectivity index (χ2n) is 4.58. The molecule has 1 fully saturated rings. The summed E-state index contributed by atoms with van der Waals surface area (Å²) in [4.78, 5) is 11.8. The molecule has 0 spiro atoms. The lowest BCUT2D eigenvalue weighted by atomic mass is 9.88. The molecule has 106 valence electrons. The average Bonchev–Trinajstić information content (AvgIpc) is 2.37. The van der Waals surface area contributed by atoms with E-state index in [1.54, 1.807) is 0 Å². The first kappa shape index (κ1) is 15.8. The third-order valence-electron chi connectivity index (χ3n) is 3.23. The molecule has 0 radical (unpaired) electrons. The van der Waals surface area contributed by atoms with Gasteiger partial charge in [0.25, 0.3) is 0 Å². The fraction of sp³-hybridized carbons (Fsp3) is 0.462. The van der Waals surface area contributed by atoms with Gasteiger partial charge >= 0.3 is 0 Å². The number of hydrogen-bond acceptors (Lipinski definition) is 1. The molecule has 1 N–H and O–H groups in total. The molecule has 1 saturated carbocycles. The van der Waals surface area contributed by atoms with E-state index in [1.807, 2.05) is 0 Å². The molecule has 0 atom stereocenters. The quantitative estimate of drug-likeness (QED) is 0.819. The van der Waals surface area contributed by atoms with Gasteiger partial charge in [0.1, 0.15) is 0 Å². The van der Waals surface area contributed by atoms with Crippen LogP contribution in [0.5, 0.6) is 0 Å². The number of hydrogen-bond donors (Lipinski definition) is 1. The zero-order chi connectivity index (χ0) is 13.1. The predicted octanol–water partition coefficient (Wildman–Crippen LogP) is 4.04. The summed E-state index contributed by atoms with van der Waals surface area (Å²) in [7, 11) is 0. The first-order valence-corrected chi connectivity index (χ1v) is 6.03. The summed E-state index contributed by atoms with van der Waals surface area (Å²) in [5.41, 5.74) is -0.0398. The topological polar surface area (TPSA) is 29.1 Å². The Hall–Kier alpha value is -1.23. The molecule has 1 aliphatic rings. The monoisotopic (exact) mass is 293 g/mol. The lowest BCUT2D eigenvalue weighted by Crippen LogP contribution is -2.24. The minimum Gasteiger partial charge on any atom is -0.326 e. The third kappa shape index (κ3) is 3.86. The largest absolute Gasteiger partial charge is 0.326 e. The fourth-order valence-electron chi connectivity index (χ4n) is 2.24. The van der Waals surface area contributed by atoms with Gasteiger partial charge in [-0.25, -0.2) is 13.2 Å². The highest BCUT2D eigenvalue weighted by Gasteiger charge is 2.21. The maximum Gasteiger partial charge on any atom is 0.227 e. The molecule has 6 heteroatoms. The van der Waals surface area contributed by atoms with Gasteiger partial charge in [0.2, 0.25) is 5.91 Å². The summed E-state index contributed by atoms with van der Waals surface area (Å²) >= 11 is 0. The molecule has 1 aromatic carbocycles. The normalized spacial score (nSPS) is 15.7. The highest BCUT2D eigenvalue weighted by molar-refractivity contribution is 5.92. The maximum atomic E-state index is 13.0. The zero-order valence-corrected chi connectivity index (χ0v) is 11.0. The molecular formula is C13H15ClF3NO. The molecule has 0 heterocycles. The van der Waals surface area contributed by atoms with E-state index in [-0.39, 0.29) is 29.9 Å². The number of amides is 1. The van der Waals surface area contributed by atoms with Gasteiger partial charge in [0.05, 0.1) is 0 Å². The van der Waals surface area contributed by atoms with Crippen LogP contribution in [0.4, 0.5) is 18.9 Å². The van der Waals surface area contributed by atoms with Crippen molar-refractivity contribution in [3.8, 4) is 0 Å². The molecule has 0 aliphatic heterocycles. The molecule has 2 rings (SSSR count). The van der Waals surface area contributed by atoms with Gasteiger partial charge in [0, 0.05) is 23.7 Å². The number of carbonyl (C=O) groups is 1. The van der Waals surface area contributed by atoms with Crippen LogP contribution >= 0.6 is 12.4 Å². The van der Waals surface area contributed by atoms with Gasteiger partial charge in [-0.3, -0.25) is 4.79 Å². The minimum atomic E-state index is -1.52. The van der Waals surface area contributed by atoms with Gasteiger partial charge in [-0.05, 0) is 12.8 Å². The number of benzene rings is 1. The van der Waals surface area contributed by atoms with E-state index in [0.29, 0.717) is 0 Å². The van der Waals surface area contributed by atoms with Crippen LogP contribution in [0.1, 0.15) is 32.1 Å². The van der Waals surface area contributed by atoms with E-state index in [4.69, 9.17) is 0 Å². The second kappa shape index (κ2) is 6.80. The van der Waals surface area contributed by atoms with E-state index in [0.717, 1.165) is 44.2 Å². The van der Waals surface area contributed by atoms with Gasteiger partial charge in [-0.2, -0.15) is 0 Å². The van der Waals surface area contributed by atoms with Crippen molar-refractivity contribution in [1.82, 2.24) is 0 Å². The molecule has 1 aliphatic carbocycles. The van der Waals surface area contributed by atoms with Crippen molar-refractivity contribution in [1.29, 1.82) is 0 Å². The zero-order valence-electron chi connectivity index (χ0n) is 10.2. The van der Waals surface area contributed by atoms with Crippen LogP contribution < -0.4 is 5.32 Å². The summed E-state index contributed by atoms with van der Waals surface area (Å²) in [5, 5.41) is 2.43. The number of carbonyl (C=O) groups excluding carboxylic acids is 1. The molecular weight excluding hydrogens is 279 g/mol. The standard InChI is InChI=1S/C13H14F3NO.ClH/c14-10-6-9(7-11(15)12(10)16)17-13(18)8-4-2-1-3-5-8;/h6-8H,1-5H2,(H,17,18);1H. The van der Waals surface area contributed by atoms with E-state index in [2.05, 4.69) is 5.32 Å². The van der Waals surface area contributed by atoms with Crippen LogP contribution in [-0.4, -0.2) is 5.91 Å². The van der Waals surface area contributed by atoms with Gasteiger partial charge in [-0.15, -0.1) is 12.4 Å². The number of rotatable bonds is 2. The van der Waals surface area contributed by atoms with Crippen molar-refractivity contribution >= 4 is 24.0 Å². The molecule has 0 aromatic heterocycles. The first-order chi connectivity index (χ1) is 8.58. The fourth-order valence-corrected chi connectivity index (χ4v) is 2.24. The van der Waals surface area contributed by atoms with Gasteiger partial charge in [0.15, 0.2) is 17.5 Å². The molecule has 19 heavy (non-hydrogen) atoms. The smallest absolute Gasteiger partial charge is 0.227 e. The lowest BCUT2D eigenvalue weighted by Gasteiger charge is -2.20. The Bertz CT molecular complexity index is 438. The Morgan fingerprint density at radius 2 is 1.58 bits per heavy atom. The van der Waals surface area contributed by atoms with Crippen molar-refractivity contribution in [2.45, 2.75) is 32.1 Å². The van der Waals surface area contributed by atoms with E-state index in [9.17, 15) is 18.0 Å². The number of nitrogens with one attached hydrogen (secondary N) is 1. The molecule has 2 nitrogen and oxygen atoms in total. The summed E-state index contributed by atoms with van der Waals surface area (Å²) in [6, 6.07) is 1.58. The first-order valence-electron chi connectivity index (χ1n) is 6.03. The van der Waals surface area contributed by atoms with Crippen LogP contribution in [0, 0.1) is 23.4 Å². The second-order valence-corrected chi connectivity index (χ2v) is 4.58. The number of halogens is 4. The van der Waals surface area contributed by atoms with Crippen molar-refractivity contribution < 1.29 is 18.0 Å². The third-order valence-corrected chi connectivity index (χ3v) is 3.23. The highest BCUT2D eigenvalue weighted by Crippen LogP contribution is 2.25. The Kier molecular flexibility index (Phi) is 5.66. The molecule has 0 bridgehead atoms. The van der Waals surface area contributed by atoms with Crippen LogP contribution in [0.25, 0.3) is 0 Å². The molecule has 1 aromatic rings. The lowest BCUT2D eigenvalue weighted by molar-refractivity contribution is -0.120. The minimum absolute atomic E-state index is 0.